The minimum atomic E-state index is -0.835. The summed E-state index contributed by atoms with van der Waals surface area (Å²) in [5, 5.41) is 2.78. The van der Waals surface area contributed by atoms with Gasteiger partial charge >= 0.3 is 5.97 Å². The summed E-state index contributed by atoms with van der Waals surface area (Å²) in [6.07, 6.45) is 3.64. The Morgan fingerprint density at radius 3 is 2.75 bits per heavy atom. The highest BCUT2D eigenvalue weighted by atomic mass is 16.6. The van der Waals surface area contributed by atoms with Crippen LogP contribution >= 0.6 is 0 Å². The molecule has 0 aromatic heterocycles. The fraction of sp³-hybridized carbons (Fsp3) is 0.444. The number of hydrogen-bond acceptors (Lipinski definition) is 5. The molecular weight excluding hydrogens is 310 g/mol. The van der Waals surface area contributed by atoms with Crippen LogP contribution in [-0.4, -0.2) is 37.7 Å². The molecule has 1 fully saturated rings. The first-order valence-corrected chi connectivity index (χ1v) is 7.94. The summed E-state index contributed by atoms with van der Waals surface area (Å²) in [6.45, 7) is 4.94. The number of esters is 1. The molecular formula is C18H23NO5. The first kappa shape index (κ1) is 17.8. The molecule has 0 aliphatic heterocycles. The van der Waals surface area contributed by atoms with E-state index >= 15 is 0 Å². The minimum absolute atomic E-state index is 0.230. The van der Waals surface area contributed by atoms with E-state index in [1.54, 1.807) is 19.1 Å². The number of rotatable bonds is 9. The molecule has 1 aromatic rings. The van der Waals surface area contributed by atoms with Crippen molar-refractivity contribution in [3.63, 3.8) is 0 Å². The van der Waals surface area contributed by atoms with Crippen LogP contribution in [0.15, 0.2) is 30.9 Å². The van der Waals surface area contributed by atoms with E-state index in [-0.39, 0.29) is 18.6 Å². The second-order valence-electron chi connectivity index (χ2n) is 5.68. The molecule has 6 heteroatoms. The predicted octanol–water partition coefficient (Wildman–Crippen LogP) is 2.01. The molecule has 2 rings (SSSR count). The lowest BCUT2D eigenvalue weighted by Crippen LogP contribution is -2.37. The maximum Gasteiger partial charge on any atom is 0.344 e. The third-order valence-electron chi connectivity index (χ3n) is 3.55. The van der Waals surface area contributed by atoms with Crippen molar-refractivity contribution in [3.8, 4) is 11.5 Å². The molecule has 0 bridgehead atoms. The Hall–Kier alpha value is -2.50. The predicted molar refractivity (Wildman–Crippen MR) is 89.1 cm³/mol. The number of benzene rings is 1. The number of carbonyl (C=O) groups is 2. The lowest BCUT2D eigenvalue weighted by atomic mass is 10.1. The molecule has 0 spiro atoms. The quantitative estimate of drug-likeness (QED) is 0.553. The molecule has 6 nitrogen and oxygen atoms in total. The third kappa shape index (κ3) is 5.30. The van der Waals surface area contributed by atoms with Crippen LogP contribution in [0.4, 0.5) is 0 Å². The number of nitrogens with one attached hydrogen (secondary N) is 1. The number of amides is 1. The van der Waals surface area contributed by atoms with E-state index in [0.29, 0.717) is 17.9 Å². The molecule has 1 aromatic carbocycles. The third-order valence-corrected chi connectivity index (χ3v) is 3.55. The molecule has 1 N–H and O–H groups in total. The lowest BCUT2D eigenvalue weighted by Gasteiger charge is -2.14. The summed E-state index contributed by atoms with van der Waals surface area (Å²) < 4.78 is 15.8. The lowest BCUT2D eigenvalue weighted by molar-refractivity contribution is -0.156. The average Bonchev–Trinajstić information content (AvgIpc) is 3.37. The van der Waals surface area contributed by atoms with Gasteiger partial charge in [0.05, 0.1) is 7.11 Å². The van der Waals surface area contributed by atoms with Crippen molar-refractivity contribution in [2.75, 3.05) is 13.7 Å². The largest absolute Gasteiger partial charge is 0.493 e. The number of allylic oxidation sites excluding steroid dienone is 1. The first-order chi connectivity index (χ1) is 11.5. The fourth-order valence-electron chi connectivity index (χ4n) is 2.09. The van der Waals surface area contributed by atoms with Crippen LogP contribution in [-0.2, 0) is 20.7 Å². The standard InChI is InChI=1S/C18H23NO5/c1-4-5-13-6-9-15(16(10-13)22-3)23-11-17(20)24-12(2)18(21)19-14-7-8-14/h4,6,9-10,12,14H,1,5,7-8,11H2,2-3H3,(H,19,21)/t12-/m0/s1. The van der Waals surface area contributed by atoms with E-state index in [0.717, 1.165) is 18.4 Å². The van der Waals surface area contributed by atoms with Gasteiger partial charge in [0.25, 0.3) is 5.91 Å². The molecule has 1 aliphatic rings. The molecule has 1 atom stereocenters. The second-order valence-corrected chi connectivity index (χ2v) is 5.68. The summed E-state index contributed by atoms with van der Waals surface area (Å²) in [5.41, 5.74) is 1.03. The maximum absolute atomic E-state index is 11.8. The molecule has 1 aliphatic carbocycles. The average molecular weight is 333 g/mol. The second kappa shape index (κ2) is 8.38. The SMILES string of the molecule is C=CCc1ccc(OCC(=O)O[C@@H](C)C(=O)NC2CC2)c(OC)c1. The van der Waals surface area contributed by atoms with Crippen LogP contribution in [0.2, 0.25) is 0 Å². The molecule has 130 valence electrons. The smallest absolute Gasteiger partial charge is 0.344 e. The molecule has 0 heterocycles. The highest BCUT2D eigenvalue weighted by Crippen LogP contribution is 2.28. The van der Waals surface area contributed by atoms with Gasteiger partial charge in [-0.05, 0) is 43.9 Å². The molecule has 0 radical (unpaired) electrons. The van der Waals surface area contributed by atoms with Gasteiger partial charge in [0.15, 0.2) is 24.2 Å². The summed E-state index contributed by atoms with van der Waals surface area (Å²) >= 11 is 0. The van der Waals surface area contributed by atoms with Gasteiger partial charge in [-0.25, -0.2) is 4.79 Å². The van der Waals surface area contributed by atoms with Gasteiger partial charge in [-0.1, -0.05) is 12.1 Å². The van der Waals surface area contributed by atoms with Crippen LogP contribution in [0.3, 0.4) is 0 Å². The van der Waals surface area contributed by atoms with E-state index in [1.165, 1.54) is 7.11 Å². The van der Waals surface area contributed by atoms with Gasteiger partial charge in [0.2, 0.25) is 0 Å². The van der Waals surface area contributed by atoms with Gasteiger partial charge in [0.1, 0.15) is 0 Å². The van der Waals surface area contributed by atoms with E-state index < -0.39 is 12.1 Å². The van der Waals surface area contributed by atoms with E-state index in [4.69, 9.17) is 14.2 Å². The van der Waals surface area contributed by atoms with Crippen molar-refractivity contribution in [2.45, 2.75) is 38.3 Å². The fourth-order valence-corrected chi connectivity index (χ4v) is 2.09. The van der Waals surface area contributed by atoms with Crippen molar-refractivity contribution >= 4 is 11.9 Å². The van der Waals surface area contributed by atoms with Crippen LogP contribution in [0.1, 0.15) is 25.3 Å². The number of ether oxygens (including phenoxy) is 3. The molecule has 0 unspecified atom stereocenters. The normalized spacial score (nSPS) is 14.4. The van der Waals surface area contributed by atoms with E-state index in [1.807, 2.05) is 12.1 Å². The van der Waals surface area contributed by atoms with Crippen molar-refractivity contribution < 1.29 is 23.8 Å². The highest BCUT2D eigenvalue weighted by molar-refractivity contribution is 5.84. The van der Waals surface area contributed by atoms with Crippen molar-refractivity contribution in [3.05, 3.63) is 36.4 Å². The van der Waals surface area contributed by atoms with E-state index in [2.05, 4.69) is 11.9 Å². The van der Waals surface area contributed by atoms with Crippen molar-refractivity contribution in [1.82, 2.24) is 5.32 Å². The Bertz CT molecular complexity index is 609. The van der Waals surface area contributed by atoms with Crippen LogP contribution in [0.5, 0.6) is 11.5 Å². The highest BCUT2D eigenvalue weighted by Gasteiger charge is 2.27. The van der Waals surface area contributed by atoms with Gasteiger partial charge < -0.3 is 19.5 Å². The Labute approximate surface area is 141 Å². The molecule has 0 saturated heterocycles. The number of carbonyl (C=O) groups excluding carboxylic acids is 2. The summed E-state index contributed by atoms with van der Waals surface area (Å²) in [5.74, 6) is 0.0851. The summed E-state index contributed by atoms with van der Waals surface area (Å²) in [6, 6.07) is 5.66. The summed E-state index contributed by atoms with van der Waals surface area (Å²) in [7, 11) is 1.53. The summed E-state index contributed by atoms with van der Waals surface area (Å²) in [4.78, 5) is 23.6. The van der Waals surface area contributed by atoms with Gasteiger partial charge in [-0.15, -0.1) is 6.58 Å². The van der Waals surface area contributed by atoms with Gasteiger partial charge in [0, 0.05) is 6.04 Å². The zero-order chi connectivity index (χ0) is 17.5. The Morgan fingerprint density at radius 2 is 2.12 bits per heavy atom. The van der Waals surface area contributed by atoms with Crippen LogP contribution in [0.25, 0.3) is 0 Å². The zero-order valence-electron chi connectivity index (χ0n) is 14.0. The molecule has 1 amide bonds. The Morgan fingerprint density at radius 1 is 1.38 bits per heavy atom. The van der Waals surface area contributed by atoms with Crippen LogP contribution in [0, 0.1) is 0 Å². The topological polar surface area (TPSA) is 73.9 Å². The maximum atomic E-state index is 11.8. The van der Waals surface area contributed by atoms with E-state index in [9.17, 15) is 9.59 Å². The van der Waals surface area contributed by atoms with Crippen molar-refractivity contribution in [1.29, 1.82) is 0 Å². The first-order valence-electron chi connectivity index (χ1n) is 7.94. The number of methoxy groups -OCH3 is 1. The zero-order valence-corrected chi connectivity index (χ0v) is 14.0. The van der Waals surface area contributed by atoms with Gasteiger partial charge in [-0.2, -0.15) is 0 Å². The van der Waals surface area contributed by atoms with Crippen molar-refractivity contribution in [2.24, 2.45) is 0 Å². The number of hydrogen-bond donors (Lipinski definition) is 1. The Balaban J connectivity index is 1.84. The van der Waals surface area contributed by atoms with Crippen LogP contribution < -0.4 is 14.8 Å². The van der Waals surface area contributed by atoms with Gasteiger partial charge in [-0.3, -0.25) is 4.79 Å². The Kier molecular flexibility index (Phi) is 6.23. The monoisotopic (exact) mass is 333 g/mol. The molecule has 24 heavy (non-hydrogen) atoms. The minimum Gasteiger partial charge on any atom is -0.493 e. The molecule has 1 saturated carbocycles.